The second kappa shape index (κ2) is 7.86. The Labute approximate surface area is 184 Å². The number of fused-ring (bicyclic) bond motifs is 3. The van der Waals surface area contributed by atoms with Gasteiger partial charge in [-0.2, -0.15) is 5.10 Å². The number of aliphatic hydroxyl groups is 1. The van der Waals surface area contributed by atoms with Gasteiger partial charge in [0.1, 0.15) is 11.6 Å². The van der Waals surface area contributed by atoms with Gasteiger partial charge in [-0.05, 0) is 31.9 Å². The Morgan fingerprint density at radius 1 is 1.25 bits per heavy atom. The van der Waals surface area contributed by atoms with E-state index in [0.717, 1.165) is 28.0 Å². The number of anilines is 1. The number of H-pyrrole nitrogens is 1. The summed E-state index contributed by atoms with van der Waals surface area (Å²) in [6.45, 7) is 2.93. The van der Waals surface area contributed by atoms with E-state index in [2.05, 4.69) is 15.2 Å². The van der Waals surface area contributed by atoms with Crippen LogP contribution in [0.3, 0.4) is 0 Å². The molecule has 5 heterocycles. The number of piperidine rings is 1. The summed E-state index contributed by atoms with van der Waals surface area (Å²) in [4.78, 5) is 40.1. The molecule has 2 N–H and O–H groups in total. The van der Waals surface area contributed by atoms with Gasteiger partial charge in [-0.25, -0.2) is 9.78 Å². The van der Waals surface area contributed by atoms with Crippen molar-refractivity contribution in [3.8, 4) is 11.3 Å². The zero-order chi connectivity index (χ0) is 22.4. The van der Waals surface area contributed by atoms with Crippen LogP contribution in [0.15, 0.2) is 30.7 Å². The number of pyridine rings is 2. The molecule has 2 aliphatic rings. The van der Waals surface area contributed by atoms with Gasteiger partial charge < -0.3 is 14.9 Å². The first-order valence-corrected chi connectivity index (χ1v) is 10.7. The highest BCUT2D eigenvalue weighted by Gasteiger charge is 2.38. The fourth-order valence-corrected chi connectivity index (χ4v) is 4.58. The van der Waals surface area contributed by atoms with Crippen molar-refractivity contribution in [3.05, 3.63) is 36.3 Å². The number of aromatic nitrogens is 4. The van der Waals surface area contributed by atoms with E-state index in [-0.39, 0.29) is 18.0 Å². The number of rotatable bonds is 3. The quantitative estimate of drug-likeness (QED) is 0.647. The van der Waals surface area contributed by atoms with Crippen LogP contribution in [0.25, 0.3) is 22.3 Å². The van der Waals surface area contributed by atoms with Crippen LogP contribution in [0.5, 0.6) is 0 Å². The van der Waals surface area contributed by atoms with E-state index < -0.39 is 6.10 Å². The van der Waals surface area contributed by atoms with Crippen LogP contribution in [-0.4, -0.2) is 79.3 Å². The maximum Gasteiger partial charge on any atom is 0.324 e. The minimum atomic E-state index is -1.02. The first kappa shape index (κ1) is 20.4. The normalized spacial score (nSPS) is 18.2. The minimum Gasteiger partial charge on any atom is -0.384 e. The lowest BCUT2D eigenvalue weighted by Crippen LogP contribution is -2.55. The van der Waals surface area contributed by atoms with Gasteiger partial charge in [0.15, 0.2) is 0 Å². The van der Waals surface area contributed by atoms with Crippen molar-refractivity contribution < 1.29 is 14.7 Å². The van der Waals surface area contributed by atoms with E-state index >= 15 is 0 Å². The average molecular weight is 435 g/mol. The monoisotopic (exact) mass is 435 g/mol. The number of aliphatic hydroxyl groups excluding tert-OH is 1. The second-order valence-corrected chi connectivity index (χ2v) is 8.42. The lowest BCUT2D eigenvalue weighted by atomic mass is 9.99. The number of amides is 3. The second-order valence-electron chi connectivity index (χ2n) is 8.42. The largest absolute Gasteiger partial charge is 0.384 e. The number of nitrogens with one attached hydrogen (secondary N) is 1. The molecule has 3 amide bonds. The van der Waals surface area contributed by atoms with Crippen LogP contribution in [0, 0.1) is 0 Å². The highest BCUT2D eigenvalue weighted by atomic mass is 16.3. The molecular formula is C22H25N7O3. The standard InChI is InChI=1S/C22H25N7O3/c1-13(30)21(31)28-7-5-16(6-8-28)29-20-15(12-27(2)22(29)32)9-23-18-4-3-17(26-19(18)20)14-10-24-25-11-14/h3-4,9-11,13,16,30H,5-8,12H2,1-2H3,(H,24,25)/t13-/m1/s1. The lowest BCUT2D eigenvalue weighted by Gasteiger charge is -2.43. The van der Waals surface area contributed by atoms with Gasteiger partial charge in [-0.1, -0.05) is 0 Å². The molecule has 3 aromatic rings. The maximum atomic E-state index is 13.3. The molecule has 1 fully saturated rings. The van der Waals surface area contributed by atoms with Crippen LogP contribution in [0.2, 0.25) is 0 Å². The summed E-state index contributed by atoms with van der Waals surface area (Å²) in [6, 6.07) is 3.65. The molecular weight excluding hydrogens is 410 g/mol. The summed E-state index contributed by atoms with van der Waals surface area (Å²) < 4.78 is 0. The molecule has 0 radical (unpaired) electrons. The Hall–Kier alpha value is -3.53. The zero-order valence-corrected chi connectivity index (χ0v) is 18.0. The fourth-order valence-electron chi connectivity index (χ4n) is 4.58. The van der Waals surface area contributed by atoms with E-state index in [4.69, 9.17) is 4.98 Å². The summed E-state index contributed by atoms with van der Waals surface area (Å²) in [5, 5.41) is 16.4. The van der Waals surface area contributed by atoms with E-state index in [0.29, 0.717) is 38.0 Å². The number of hydrogen-bond donors (Lipinski definition) is 2. The van der Waals surface area contributed by atoms with Crippen LogP contribution in [0.1, 0.15) is 25.3 Å². The molecule has 2 aliphatic heterocycles. The molecule has 0 aliphatic carbocycles. The predicted octanol–water partition coefficient (Wildman–Crippen LogP) is 1.76. The summed E-state index contributed by atoms with van der Waals surface area (Å²) in [5.41, 5.74) is 4.76. The zero-order valence-electron chi connectivity index (χ0n) is 18.0. The molecule has 0 spiro atoms. The molecule has 0 bridgehead atoms. The third-order valence-corrected chi connectivity index (χ3v) is 6.24. The highest BCUT2D eigenvalue weighted by molar-refractivity contribution is 6.04. The van der Waals surface area contributed by atoms with Crippen molar-refractivity contribution in [2.75, 3.05) is 25.0 Å². The molecule has 32 heavy (non-hydrogen) atoms. The number of nitrogens with zero attached hydrogens (tertiary/aromatic N) is 6. The molecule has 0 unspecified atom stereocenters. The van der Waals surface area contributed by atoms with Crippen LogP contribution in [0.4, 0.5) is 10.5 Å². The maximum absolute atomic E-state index is 13.3. The van der Waals surface area contributed by atoms with Crippen LogP contribution >= 0.6 is 0 Å². The summed E-state index contributed by atoms with van der Waals surface area (Å²) >= 11 is 0. The Kier molecular flexibility index (Phi) is 5.01. The number of likely N-dealkylation sites (tertiary alicyclic amines) is 1. The molecule has 1 saturated heterocycles. The van der Waals surface area contributed by atoms with Crippen LogP contribution in [-0.2, 0) is 11.3 Å². The Morgan fingerprint density at radius 3 is 2.72 bits per heavy atom. The number of carbonyl (C=O) groups is 2. The van der Waals surface area contributed by atoms with Gasteiger partial charge in [0.2, 0.25) is 0 Å². The van der Waals surface area contributed by atoms with Crippen molar-refractivity contribution in [2.45, 2.75) is 38.5 Å². The average Bonchev–Trinajstić information content (AvgIpc) is 3.34. The van der Waals surface area contributed by atoms with Gasteiger partial charge >= 0.3 is 6.03 Å². The van der Waals surface area contributed by atoms with Crippen molar-refractivity contribution in [1.29, 1.82) is 0 Å². The Balaban J connectivity index is 1.55. The first-order valence-electron chi connectivity index (χ1n) is 10.7. The SMILES string of the molecule is C[C@@H](O)C(=O)N1CCC(N2C(=O)N(C)Cc3cnc4ccc(-c5cn[nH]c5)nc4c32)CC1. The number of carbonyl (C=O) groups excluding carboxylic acids is 2. The number of hydrogen-bond acceptors (Lipinski definition) is 6. The number of aromatic amines is 1. The molecule has 1 atom stereocenters. The summed E-state index contributed by atoms with van der Waals surface area (Å²) in [5.74, 6) is -0.271. The van der Waals surface area contributed by atoms with E-state index in [1.165, 1.54) is 6.92 Å². The third-order valence-electron chi connectivity index (χ3n) is 6.24. The van der Waals surface area contributed by atoms with Gasteiger partial charge in [-0.15, -0.1) is 0 Å². The molecule has 10 heteroatoms. The van der Waals surface area contributed by atoms with E-state index in [1.807, 2.05) is 23.2 Å². The predicted molar refractivity (Wildman–Crippen MR) is 118 cm³/mol. The fraction of sp³-hybridized carbons (Fsp3) is 0.409. The molecule has 0 aromatic carbocycles. The Morgan fingerprint density at radius 2 is 2.03 bits per heavy atom. The van der Waals surface area contributed by atoms with Gasteiger partial charge in [0.25, 0.3) is 5.91 Å². The molecule has 166 valence electrons. The van der Waals surface area contributed by atoms with Gasteiger partial charge in [0.05, 0.1) is 29.6 Å². The minimum absolute atomic E-state index is 0.0768. The van der Waals surface area contributed by atoms with Crippen LogP contribution < -0.4 is 4.90 Å². The molecule has 5 rings (SSSR count). The first-order chi connectivity index (χ1) is 15.4. The Bertz CT molecular complexity index is 1170. The number of urea groups is 1. The van der Waals surface area contributed by atoms with Crippen molar-refractivity contribution >= 4 is 28.7 Å². The molecule has 0 saturated carbocycles. The lowest BCUT2D eigenvalue weighted by molar-refractivity contribution is -0.140. The van der Waals surface area contributed by atoms with Crippen molar-refractivity contribution in [2.24, 2.45) is 0 Å². The van der Waals surface area contributed by atoms with Crippen molar-refractivity contribution in [1.82, 2.24) is 30.0 Å². The van der Waals surface area contributed by atoms with Crippen molar-refractivity contribution in [3.63, 3.8) is 0 Å². The molecule has 10 nitrogen and oxygen atoms in total. The highest BCUT2D eigenvalue weighted by Crippen LogP contribution is 2.37. The topological polar surface area (TPSA) is 119 Å². The van der Waals surface area contributed by atoms with Gasteiger partial charge in [0, 0.05) is 49.7 Å². The summed E-state index contributed by atoms with van der Waals surface area (Å²) in [6.07, 6.45) is 5.55. The summed E-state index contributed by atoms with van der Waals surface area (Å²) in [7, 11) is 1.78. The third kappa shape index (κ3) is 3.36. The van der Waals surface area contributed by atoms with Gasteiger partial charge in [-0.3, -0.25) is 19.8 Å². The van der Waals surface area contributed by atoms with E-state index in [1.54, 1.807) is 29.2 Å². The van der Waals surface area contributed by atoms with E-state index in [9.17, 15) is 14.7 Å². The smallest absolute Gasteiger partial charge is 0.324 e. The molecule has 3 aromatic heterocycles.